The molecule has 2 N–H and O–H groups in total. The van der Waals surface area contributed by atoms with Gasteiger partial charge in [0, 0.05) is 12.6 Å². The molecule has 2 unspecified atom stereocenters. The number of halogens is 1. The van der Waals surface area contributed by atoms with Crippen molar-refractivity contribution >= 4 is 11.7 Å². The third-order valence-electron chi connectivity index (χ3n) is 3.14. The number of likely N-dealkylation sites (tertiary alicyclic amines) is 1. The number of carbonyl (C=O) groups excluding carboxylic acids is 1. The van der Waals surface area contributed by atoms with Crippen LogP contribution in [0, 0.1) is 23.1 Å². The highest BCUT2D eigenvalue weighted by Gasteiger charge is 2.34. The van der Waals surface area contributed by atoms with Crippen molar-refractivity contribution in [1.82, 2.24) is 9.88 Å². The van der Waals surface area contributed by atoms with E-state index in [4.69, 9.17) is 5.26 Å². The molecule has 2 heterocycles. The van der Waals surface area contributed by atoms with Gasteiger partial charge in [0.1, 0.15) is 5.82 Å². The van der Waals surface area contributed by atoms with Crippen molar-refractivity contribution in [2.45, 2.75) is 12.5 Å². The number of nitriles is 1. The minimum absolute atomic E-state index is 0.0746. The largest absolute Gasteiger partial charge is 0.504 e. The van der Waals surface area contributed by atoms with E-state index in [0.29, 0.717) is 13.0 Å². The van der Waals surface area contributed by atoms with Crippen molar-refractivity contribution in [3.63, 3.8) is 0 Å². The number of hydrogen-bond acceptors (Lipinski definition) is 5. The quantitative estimate of drug-likeness (QED) is 0.821. The summed E-state index contributed by atoms with van der Waals surface area (Å²) in [5.74, 6) is -1.86. The average molecular weight is 264 g/mol. The molecule has 6 nitrogen and oxygen atoms in total. The number of hydrogen-bond donors (Lipinski definition) is 2. The molecular weight excluding hydrogens is 251 g/mol. The first kappa shape index (κ1) is 13.2. The van der Waals surface area contributed by atoms with Gasteiger partial charge in [0.15, 0.2) is 11.6 Å². The highest BCUT2D eigenvalue weighted by atomic mass is 19.1. The predicted octanol–water partition coefficient (Wildman–Crippen LogP) is 0.709. The number of aromatic nitrogens is 1. The number of rotatable bonds is 2. The second-order valence-corrected chi connectivity index (χ2v) is 4.53. The molecule has 100 valence electrons. The summed E-state index contributed by atoms with van der Waals surface area (Å²) < 4.78 is 12.8. The fraction of sp³-hybridized carbons (Fsp3) is 0.417. The van der Waals surface area contributed by atoms with E-state index in [1.54, 1.807) is 11.9 Å². The molecule has 1 aliphatic rings. The normalized spacial score (nSPS) is 23.0. The standard InChI is InChI=1S/C12H13FN4O2/c1-17-6-7(2-9(17)4-14)12(19)16-11-10(18)3-8(13)5-15-11/h3,5,7,9,18H,2,6H2,1H3,(H,15,16,19). The number of aromatic hydroxyl groups is 1. The van der Waals surface area contributed by atoms with Gasteiger partial charge in [-0.2, -0.15) is 5.26 Å². The van der Waals surface area contributed by atoms with Crippen LogP contribution in [0.3, 0.4) is 0 Å². The molecule has 2 rings (SSSR count). The van der Waals surface area contributed by atoms with Gasteiger partial charge in [-0.05, 0) is 13.5 Å². The summed E-state index contributed by atoms with van der Waals surface area (Å²) in [7, 11) is 1.77. The Morgan fingerprint density at radius 3 is 3.05 bits per heavy atom. The predicted molar refractivity (Wildman–Crippen MR) is 64.6 cm³/mol. The summed E-state index contributed by atoms with van der Waals surface area (Å²) >= 11 is 0. The molecule has 0 bridgehead atoms. The number of amides is 1. The topological polar surface area (TPSA) is 89.2 Å². The molecule has 2 atom stereocenters. The first-order valence-corrected chi connectivity index (χ1v) is 5.76. The fourth-order valence-corrected chi connectivity index (χ4v) is 2.08. The summed E-state index contributed by atoms with van der Waals surface area (Å²) in [5, 5.41) is 20.8. The summed E-state index contributed by atoms with van der Waals surface area (Å²) in [4.78, 5) is 17.4. The maximum atomic E-state index is 12.8. The van der Waals surface area contributed by atoms with E-state index in [-0.39, 0.29) is 23.7 Å². The van der Waals surface area contributed by atoms with Crippen LogP contribution in [0.2, 0.25) is 0 Å². The summed E-state index contributed by atoms with van der Waals surface area (Å²) in [6.07, 6.45) is 1.34. The summed E-state index contributed by atoms with van der Waals surface area (Å²) in [6.45, 7) is 0.464. The number of pyridine rings is 1. The highest BCUT2D eigenvalue weighted by Crippen LogP contribution is 2.25. The van der Waals surface area contributed by atoms with Crippen molar-refractivity contribution < 1.29 is 14.3 Å². The Labute approximate surface area is 109 Å². The number of anilines is 1. The lowest BCUT2D eigenvalue weighted by molar-refractivity contribution is -0.119. The van der Waals surface area contributed by atoms with E-state index in [1.165, 1.54) is 0 Å². The van der Waals surface area contributed by atoms with Crippen LogP contribution in [0.5, 0.6) is 5.75 Å². The van der Waals surface area contributed by atoms with Crippen molar-refractivity contribution in [3.8, 4) is 11.8 Å². The Hall–Kier alpha value is -2.20. The summed E-state index contributed by atoms with van der Waals surface area (Å²) in [6, 6.07) is 2.70. The average Bonchev–Trinajstić information content (AvgIpc) is 2.74. The zero-order valence-corrected chi connectivity index (χ0v) is 10.3. The Balaban J connectivity index is 2.04. The third-order valence-corrected chi connectivity index (χ3v) is 3.14. The van der Waals surface area contributed by atoms with Gasteiger partial charge in [-0.25, -0.2) is 9.37 Å². The van der Waals surface area contributed by atoms with E-state index < -0.39 is 11.6 Å². The SMILES string of the molecule is CN1CC(C(=O)Nc2ncc(F)cc2O)CC1C#N. The van der Waals surface area contributed by atoms with Crippen molar-refractivity contribution in [1.29, 1.82) is 5.26 Å². The van der Waals surface area contributed by atoms with Crippen molar-refractivity contribution in [2.75, 3.05) is 18.9 Å². The molecule has 0 aliphatic carbocycles. The molecule has 0 saturated carbocycles. The van der Waals surface area contributed by atoms with Crippen LogP contribution in [0.4, 0.5) is 10.2 Å². The maximum Gasteiger partial charge on any atom is 0.230 e. The molecular formula is C12H13FN4O2. The van der Waals surface area contributed by atoms with Crippen molar-refractivity contribution in [2.24, 2.45) is 5.92 Å². The molecule has 7 heteroatoms. The Morgan fingerprint density at radius 1 is 1.74 bits per heavy atom. The number of nitrogens with zero attached hydrogens (tertiary/aromatic N) is 3. The lowest BCUT2D eigenvalue weighted by Crippen LogP contribution is -2.26. The first-order chi connectivity index (χ1) is 9.01. The van der Waals surface area contributed by atoms with E-state index in [2.05, 4.69) is 16.4 Å². The van der Waals surface area contributed by atoms with Gasteiger partial charge in [0.05, 0.1) is 24.2 Å². The minimum atomic E-state index is -0.680. The van der Waals surface area contributed by atoms with Crippen LogP contribution in [0.1, 0.15) is 6.42 Å². The van der Waals surface area contributed by atoms with Gasteiger partial charge >= 0.3 is 0 Å². The van der Waals surface area contributed by atoms with Crippen LogP contribution in [0.15, 0.2) is 12.3 Å². The number of carbonyl (C=O) groups is 1. The molecule has 0 aromatic carbocycles. The highest BCUT2D eigenvalue weighted by molar-refractivity contribution is 5.93. The van der Waals surface area contributed by atoms with Gasteiger partial charge in [0.2, 0.25) is 5.91 Å². The Bertz CT molecular complexity index is 543. The number of nitrogens with one attached hydrogen (secondary N) is 1. The van der Waals surface area contributed by atoms with Crippen LogP contribution in [-0.2, 0) is 4.79 Å². The van der Waals surface area contributed by atoms with E-state index in [1.807, 2.05) is 0 Å². The van der Waals surface area contributed by atoms with Gasteiger partial charge in [-0.1, -0.05) is 0 Å². The third kappa shape index (κ3) is 2.80. The molecule has 1 saturated heterocycles. The van der Waals surface area contributed by atoms with E-state index in [0.717, 1.165) is 12.3 Å². The lowest BCUT2D eigenvalue weighted by Gasteiger charge is -2.11. The smallest absolute Gasteiger partial charge is 0.230 e. The van der Waals surface area contributed by atoms with Gasteiger partial charge < -0.3 is 10.4 Å². The van der Waals surface area contributed by atoms with Crippen LogP contribution in [0.25, 0.3) is 0 Å². The van der Waals surface area contributed by atoms with Crippen molar-refractivity contribution in [3.05, 3.63) is 18.1 Å². The lowest BCUT2D eigenvalue weighted by atomic mass is 10.1. The maximum absolute atomic E-state index is 12.8. The second kappa shape index (κ2) is 5.20. The molecule has 19 heavy (non-hydrogen) atoms. The second-order valence-electron chi connectivity index (χ2n) is 4.53. The molecule has 1 amide bonds. The van der Waals surface area contributed by atoms with Gasteiger partial charge in [-0.15, -0.1) is 0 Å². The molecule has 1 aromatic heterocycles. The zero-order valence-electron chi connectivity index (χ0n) is 10.3. The molecule has 1 aromatic rings. The van der Waals surface area contributed by atoms with Crippen LogP contribution < -0.4 is 5.32 Å². The Kier molecular flexibility index (Phi) is 3.62. The first-order valence-electron chi connectivity index (χ1n) is 5.76. The Morgan fingerprint density at radius 2 is 2.47 bits per heavy atom. The van der Waals surface area contributed by atoms with Crippen LogP contribution >= 0.6 is 0 Å². The molecule has 1 fully saturated rings. The molecule has 0 spiro atoms. The molecule has 0 radical (unpaired) electrons. The fourth-order valence-electron chi connectivity index (χ4n) is 2.08. The molecule has 1 aliphatic heterocycles. The van der Waals surface area contributed by atoms with E-state index in [9.17, 15) is 14.3 Å². The van der Waals surface area contributed by atoms with Gasteiger partial charge in [-0.3, -0.25) is 9.69 Å². The zero-order chi connectivity index (χ0) is 14.0. The minimum Gasteiger partial charge on any atom is -0.504 e. The van der Waals surface area contributed by atoms with Gasteiger partial charge in [0.25, 0.3) is 0 Å². The summed E-state index contributed by atoms with van der Waals surface area (Å²) in [5.41, 5.74) is 0. The monoisotopic (exact) mass is 264 g/mol. The van der Waals surface area contributed by atoms with Crippen LogP contribution in [-0.4, -0.2) is 40.5 Å². The van der Waals surface area contributed by atoms with E-state index >= 15 is 0 Å².